The summed E-state index contributed by atoms with van der Waals surface area (Å²) in [6, 6.07) is 0. The fourth-order valence-corrected chi connectivity index (χ4v) is 1.32. The Hall–Kier alpha value is -0.410. The van der Waals surface area contributed by atoms with Gasteiger partial charge in [0.1, 0.15) is 5.78 Å². The van der Waals surface area contributed by atoms with Crippen molar-refractivity contribution in [2.75, 3.05) is 0 Å². The molecule has 0 fully saturated rings. The van der Waals surface area contributed by atoms with Crippen LogP contribution in [0.25, 0.3) is 0 Å². The number of carbonyl (C=O) groups is 1. The first kappa shape index (κ1) is 13.6. The van der Waals surface area contributed by atoms with E-state index >= 15 is 0 Å². The maximum atomic E-state index is 11.3. The molecule has 84 valence electrons. The zero-order valence-electron chi connectivity index (χ0n) is 9.36. The van der Waals surface area contributed by atoms with E-state index in [2.05, 4.69) is 0 Å². The molecule has 0 radical (unpaired) electrons. The van der Waals surface area contributed by atoms with Crippen LogP contribution in [0.1, 0.15) is 46.5 Å². The summed E-state index contributed by atoms with van der Waals surface area (Å²) >= 11 is 0. The number of Topliss-reactive ketones (excluding diaryl/α,β-unsaturated/α-hetero) is 1. The zero-order chi connectivity index (χ0) is 11.1. The molecule has 0 aliphatic heterocycles. The summed E-state index contributed by atoms with van der Waals surface area (Å²) in [7, 11) is 0. The summed E-state index contributed by atoms with van der Waals surface area (Å²) in [5.74, 6) is 0.0224. The van der Waals surface area contributed by atoms with E-state index in [1.165, 1.54) is 0 Å². The largest absolute Gasteiger partial charge is 0.393 e. The summed E-state index contributed by atoms with van der Waals surface area (Å²) in [5, 5.41) is 18.9. The minimum atomic E-state index is -0.688. The summed E-state index contributed by atoms with van der Waals surface area (Å²) in [6.45, 7) is 5.62. The monoisotopic (exact) mass is 202 g/mol. The van der Waals surface area contributed by atoms with Crippen molar-refractivity contribution in [2.24, 2.45) is 5.92 Å². The van der Waals surface area contributed by atoms with Crippen molar-refractivity contribution in [1.29, 1.82) is 0 Å². The Morgan fingerprint density at radius 2 is 1.79 bits per heavy atom. The average Bonchev–Trinajstić information content (AvgIpc) is 2.03. The molecule has 0 unspecified atom stereocenters. The third-order valence-electron chi connectivity index (χ3n) is 2.25. The molecule has 0 aliphatic rings. The maximum absolute atomic E-state index is 11.3. The Morgan fingerprint density at radius 3 is 2.21 bits per heavy atom. The van der Waals surface area contributed by atoms with Crippen LogP contribution in [0.15, 0.2) is 0 Å². The molecule has 0 aromatic heterocycles. The minimum Gasteiger partial charge on any atom is -0.393 e. The van der Waals surface area contributed by atoms with Gasteiger partial charge in [0.05, 0.1) is 12.2 Å². The number of aliphatic hydroxyl groups excluding tert-OH is 2. The predicted octanol–water partition coefficient (Wildman–Crippen LogP) is 1.51. The molecule has 3 nitrogen and oxygen atoms in total. The number of carbonyl (C=O) groups excluding carboxylic acids is 1. The van der Waals surface area contributed by atoms with Gasteiger partial charge in [-0.05, 0) is 12.8 Å². The van der Waals surface area contributed by atoms with Crippen LogP contribution in [0.3, 0.4) is 0 Å². The summed E-state index contributed by atoms with van der Waals surface area (Å²) < 4.78 is 0. The van der Waals surface area contributed by atoms with E-state index in [-0.39, 0.29) is 18.1 Å². The fourth-order valence-electron chi connectivity index (χ4n) is 1.32. The van der Waals surface area contributed by atoms with Crippen molar-refractivity contribution in [3.8, 4) is 0 Å². The van der Waals surface area contributed by atoms with E-state index in [1.807, 2.05) is 20.8 Å². The summed E-state index contributed by atoms with van der Waals surface area (Å²) in [6.07, 6.45) is 0.894. The Labute approximate surface area is 86.1 Å². The van der Waals surface area contributed by atoms with Crippen LogP contribution in [0.2, 0.25) is 0 Å². The first-order valence-corrected chi connectivity index (χ1v) is 5.36. The predicted molar refractivity (Wildman–Crippen MR) is 56.0 cm³/mol. The van der Waals surface area contributed by atoms with E-state index < -0.39 is 12.2 Å². The van der Waals surface area contributed by atoms with Crippen molar-refractivity contribution in [3.05, 3.63) is 0 Å². The molecule has 14 heavy (non-hydrogen) atoms. The van der Waals surface area contributed by atoms with E-state index in [9.17, 15) is 15.0 Å². The second kappa shape index (κ2) is 6.96. The highest BCUT2D eigenvalue weighted by atomic mass is 16.3. The number of hydrogen-bond acceptors (Lipinski definition) is 3. The molecule has 0 saturated carbocycles. The van der Waals surface area contributed by atoms with Crippen LogP contribution in [-0.2, 0) is 4.79 Å². The van der Waals surface area contributed by atoms with Gasteiger partial charge in [0.25, 0.3) is 0 Å². The van der Waals surface area contributed by atoms with E-state index in [0.29, 0.717) is 12.8 Å². The zero-order valence-corrected chi connectivity index (χ0v) is 9.36. The van der Waals surface area contributed by atoms with Gasteiger partial charge in [-0.25, -0.2) is 0 Å². The molecule has 0 aliphatic carbocycles. The fraction of sp³-hybridized carbons (Fsp3) is 0.909. The van der Waals surface area contributed by atoms with Gasteiger partial charge in [-0.2, -0.15) is 0 Å². The van der Waals surface area contributed by atoms with E-state index in [0.717, 1.165) is 6.42 Å². The van der Waals surface area contributed by atoms with Crippen molar-refractivity contribution in [1.82, 2.24) is 0 Å². The van der Waals surface area contributed by atoms with Crippen molar-refractivity contribution < 1.29 is 15.0 Å². The molecule has 0 amide bonds. The molecule has 0 rings (SSSR count). The van der Waals surface area contributed by atoms with Gasteiger partial charge in [-0.15, -0.1) is 0 Å². The van der Waals surface area contributed by atoms with E-state index in [1.54, 1.807) is 0 Å². The van der Waals surface area contributed by atoms with Crippen molar-refractivity contribution in [2.45, 2.75) is 58.7 Å². The van der Waals surface area contributed by atoms with Crippen LogP contribution >= 0.6 is 0 Å². The van der Waals surface area contributed by atoms with Crippen LogP contribution in [0.5, 0.6) is 0 Å². The molecule has 0 spiro atoms. The Kier molecular flexibility index (Phi) is 6.75. The lowest BCUT2D eigenvalue weighted by Crippen LogP contribution is -2.22. The molecule has 0 saturated heterocycles. The van der Waals surface area contributed by atoms with E-state index in [4.69, 9.17) is 0 Å². The highest BCUT2D eigenvalue weighted by Gasteiger charge is 2.16. The Balaban J connectivity index is 3.74. The smallest absolute Gasteiger partial charge is 0.137 e. The first-order chi connectivity index (χ1) is 6.47. The lowest BCUT2D eigenvalue weighted by Gasteiger charge is -2.15. The minimum absolute atomic E-state index is 0.0343. The van der Waals surface area contributed by atoms with Gasteiger partial charge >= 0.3 is 0 Å². The topological polar surface area (TPSA) is 57.5 Å². The second-order valence-electron chi connectivity index (χ2n) is 4.16. The highest BCUT2D eigenvalue weighted by molar-refractivity contribution is 5.80. The molecular weight excluding hydrogens is 180 g/mol. The number of ketones is 1. The average molecular weight is 202 g/mol. The van der Waals surface area contributed by atoms with Crippen LogP contribution < -0.4 is 0 Å². The van der Waals surface area contributed by atoms with Gasteiger partial charge in [-0.3, -0.25) is 4.79 Å². The van der Waals surface area contributed by atoms with Crippen LogP contribution in [0, 0.1) is 5.92 Å². The number of hydrogen-bond donors (Lipinski definition) is 2. The van der Waals surface area contributed by atoms with Gasteiger partial charge in [0.15, 0.2) is 0 Å². The van der Waals surface area contributed by atoms with Gasteiger partial charge in [0.2, 0.25) is 0 Å². The first-order valence-electron chi connectivity index (χ1n) is 5.36. The lowest BCUT2D eigenvalue weighted by molar-refractivity contribution is -0.124. The second-order valence-corrected chi connectivity index (χ2v) is 4.16. The normalized spacial score (nSPS) is 15.6. The molecule has 0 heterocycles. The third kappa shape index (κ3) is 6.11. The number of rotatable bonds is 7. The number of aliphatic hydroxyl groups is 2. The Bertz CT molecular complexity index is 166. The molecule has 0 bridgehead atoms. The third-order valence-corrected chi connectivity index (χ3v) is 2.25. The summed E-state index contributed by atoms with van der Waals surface area (Å²) in [4.78, 5) is 11.3. The SMILES string of the molecule is CCC[C@@H](O)C[C@@H](O)CC(=O)C(C)C. The molecule has 0 aromatic rings. The standard InChI is InChI=1S/C11H22O3/c1-4-5-9(12)6-10(13)7-11(14)8(2)3/h8-10,12-13H,4-7H2,1-3H3/t9-,10-/m1/s1. The van der Waals surface area contributed by atoms with Crippen LogP contribution in [-0.4, -0.2) is 28.2 Å². The highest BCUT2D eigenvalue weighted by Crippen LogP contribution is 2.10. The molecule has 0 aromatic carbocycles. The quantitative estimate of drug-likeness (QED) is 0.658. The molecule has 3 heteroatoms. The Morgan fingerprint density at radius 1 is 1.21 bits per heavy atom. The molecule has 2 N–H and O–H groups in total. The summed E-state index contributed by atoms with van der Waals surface area (Å²) in [5.41, 5.74) is 0. The van der Waals surface area contributed by atoms with Gasteiger partial charge in [-0.1, -0.05) is 27.2 Å². The van der Waals surface area contributed by atoms with Gasteiger partial charge < -0.3 is 10.2 Å². The molecule has 2 atom stereocenters. The van der Waals surface area contributed by atoms with Crippen LogP contribution in [0.4, 0.5) is 0 Å². The van der Waals surface area contributed by atoms with Gasteiger partial charge in [0, 0.05) is 12.3 Å². The maximum Gasteiger partial charge on any atom is 0.137 e. The molecular formula is C11H22O3. The van der Waals surface area contributed by atoms with Crippen molar-refractivity contribution >= 4 is 5.78 Å². The van der Waals surface area contributed by atoms with Crippen molar-refractivity contribution in [3.63, 3.8) is 0 Å². The lowest BCUT2D eigenvalue weighted by atomic mass is 9.98.